The summed E-state index contributed by atoms with van der Waals surface area (Å²) in [6.45, 7) is 2.52. The van der Waals surface area contributed by atoms with Crippen LogP contribution in [0.4, 0.5) is 5.82 Å². The van der Waals surface area contributed by atoms with E-state index >= 15 is 0 Å². The Morgan fingerprint density at radius 2 is 2.39 bits per heavy atom. The number of hydrogen-bond donors (Lipinski definition) is 1. The van der Waals surface area contributed by atoms with E-state index in [2.05, 4.69) is 9.97 Å². The molecule has 1 aromatic rings. The number of carboxylic acid groups (broad SMARTS) is 1. The van der Waals surface area contributed by atoms with Crippen LogP contribution >= 0.6 is 11.6 Å². The van der Waals surface area contributed by atoms with Gasteiger partial charge in [0.05, 0.1) is 13.3 Å². The standard InChI is InChI=1S/C11H14ClN3O3/c1-6-3-4-15(8(6)10(16)17)9-7(12)5-13-11(14-9)18-2/h5-6,8H,3-4H2,1-2H3,(H,16,17). The number of ether oxygens (including phenoxy) is 1. The molecule has 2 rings (SSSR count). The molecule has 2 atom stereocenters. The van der Waals surface area contributed by atoms with Crippen molar-refractivity contribution in [1.82, 2.24) is 9.97 Å². The van der Waals surface area contributed by atoms with Gasteiger partial charge in [0, 0.05) is 6.54 Å². The molecule has 0 radical (unpaired) electrons. The molecule has 1 aliphatic heterocycles. The lowest BCUT2D eigenvalue weighted by Crippen LogP contribution is -2.39. The molecule has 0 aromatic carbocycles. The van der Waals surface area contributed by atoms with E-state index < -0.39 is 12.0 Å². The molecule has 0 saturated carbocycles. The van der Waals surface area contributed by atoms with Crippen molar-refractivity contribution in [3.05, 3.63) is 11.2 Å². The number of aliphatic carboxylic acids is 1. The van der Waals surface area contributed by atoms with Gasteiger partial charge in [-0.1, -0.05) is 18.5 Å². The van der Waals surface area contributed by atoms with E-state index in [-0.39, 0.29) is 11.9 Å². The average Bonchev–Trinajstić information content (AvgIpc) is 2.72. The number of carbonyl (C=O) groups is 1. The SMILES string of the molecule is COc1ncc(Cl)c(N2CCC(C)C2C(=O)O)n1. The van der Waals surface area contributed by atoms with E-state index in [1.165, 1.54) is 13.3 Å². The first kappa shape index (κ1) is 12.9. The predicted molar refractivity (Wildman–Crippen MR) is 66.1 cm³/mol. The summed E-state index contributed by atoms with van der Waals surface area (Å²) in [5.41, 5.74) is 0. The summed E-state index contributed by atoms with van der Waals surface area (Å²) >= 11 is 6.04. The molecule has 1 aromatic heterocycles. The molecular formula is C11H14ClN3O3. The summed E-state index contributed by atoms with van der Waals surface area (Å²) in [6, 6.07) is -0.430. The summed E-state index contributed by atoms with van der Waals surface area (Å²) < 4.78 is 4.94. The highest BCUT2D eigenvalue weighted by atomic mass is 35.5. The van der Waals surface area contributed by atoms with Gasteiger partial charge in [-0.05, 0) is 12.3 Å². The summed E-state index contributed by atoms with van der Waals surface area (Å²) in [4.78, 5) is 21.0. The van der Waals surface area contributed by atoms with Crippen LogP contribution in [0.3, 0.4) is 0 Å². The molecule has 1 fully saturated rings. The highest BCUT2D eigenvalue weighted by molar-refractivity contribution is 6.32. The van der Waals surface area contributed by atoms with Crippen LogP contribution in [0.2, 0.25) is 5.02 Å². The Bertz CT molecular complexity index is 469. The number of aromatic nitrogens is 2. The van der Waals surface area contributed by atoms with Gasteiger partial charge in [0.2, 0.25) is 0 Å². The minimum absolute atomic E-state index is 0.0551. The Labute approximate surface area is 110 Å². The largest absolute Gasteiger partial charge is 0.480 e. The van der Waals surface area contributed by atoms with Crippen LogP contribution < -0.4 is 9.64 Å². The Kier molecular flexibility index (Phi) is 3.56. The lowest BCUT2D eigenvalue weighted by Gasteiger charge is -2.25. The molecule has 0 aliphatic carbocycles. The highest BCUT2D eigenvalue weighted by Crippen LogP contribution is 2.33. The van der Waals surface area contributed by atoms with E-state index in [0.717, 1.165) is 6.42 Å². The van der Waals surface area contributed by atoms with Gasteiger partial charge in [-0.15, -0.1) is 0 Å². The quantitative estimate of drug-likeness (QED) is 0.896. The van der Waals surface area contributed by atoms with E-state index in [4.69, 9.17) is 16.3 Å². The molecule has 98 valence electrons. The van der Waals surface area contributed by atoms with Gasteiger partial charge in [-0.3, -0.25) is 0 Å². The number of nitrogens with zero attached hydrogens (tertiary/aromatic N) is 3. The second-order valence-corrected chi connectivity index (χ2v) is 4.68. The Morgan fingerprint density at radius 3 is 3.00 bits per heavy atom. The van der Waals surface area contributed by atoms with Crippen molar-refractivity contribution >= 4 is 23.4 Å². The molecule has 2 unspecified atom stereocenters. The fraction of sp³-hybridized carbons (Fsp3) is 0.545. The van der Waals surface area contributed by atoms with Crippen LogP contribution in [-0.2, 0) is 4.79 Å². The summed E-state index contributed by atoms with van der Waals surface area (Å²) in [5, 5.41) is 9.60. The average molecular weight is 272 g/mol. The van der Waals surface area contributed by atoms with Crippen LogP contribution in [0, 0.1) is 5.92 Å². The lowest BCUT2D eigenvalue weighted by atomic mass is 10.0. The molecule has 0 amide bonds. The molecule has 7 heteroatoms. The zero-order valence-electron chi connectivity index (χ0n) is 10.1. The number of hydrogen-bond acceptors (Lipinski definition) is 5. The van der Waals surface area contributed by atoms with Gasteiger partial charge in [0.25, 0.3) is 0 Å². The van der Waals surface area contributed by atoms with Gasteiger partial charge < -0.3 is 14.7 Å². The normalized spacial score (nSPS) is 23.2. The minimum atomic E-state index is -0.867. The van der Waals surface area contributed by atoms with Gasteiger partial charge in [-0.25, -0.2) is 9.78 Å². The first-order valence-corrected chi connectivity index (χ1v) is 5.98. The first-order valence-electron chi connectivity index (χ1n) is 5.60. The number of carboxylic acids is 1. The van der Waals surface area contributed by atoms with Crippen LogP contribution in [0.5, 0.6) is 6.01 Å². The van der Waals surface area contributed by atoms with E-state index in [9.17, 15) is 9.90 Å². The maximum atomic E-state index is 11.3. The zero-order chi connectivity index (χ0) is 13.3. The Hall–Kier alpha value is -1.56. The Balaban J connectivity index is 2.38. The molecular weight excluding hydrogens is 258 g/mol. The lowest BCUT2D eigenvalue weighted by molar-refractivity contribution is -0.139. The van der Waals surface area contributed by atoms with Crippen molar-refractivity contribution in [2.24, 2.45) is 5.92 Å². The van der Waals surface area contributed by atoms with Crippen molar-refractivity contribution in [3.8, 4) is 6.01 Å². The number of halogens is 1. The van der Waals surface area contributed by atoms with Gasteiger partial charge in [0.1, 0.15) is 11.1 Å². The minimum Gasteiger partial charge on any atom is -0.480 e. The third-order valence-corrected chi connectivity index (χ3v) is 3.38. The van der Waals surface area contributed by atoms with Crippen LogP contribution in [0.15, 0.2) is 6.20 Å². The zero-order valence-corrected chi connectivity index (χ0v) is 10.9. The van der Waals surface area contributed by atoms with E-state index in [0.29, 0.717) is 17.4 Å². The van der Waals surface area contributed by atoms with Crippen LogP contribution in [-0.4, -0.2) is 40.7 Å². The maximum Gasteiger partial charge on any atom is 0.326 e. The predicted octanol–water partition coefficient (Wildman–Crippen LogP) is 1.44. The molecule has 0 bridgehead atoms. The van der Waals surface area contributed by atoms with Crippen molar-refractivity contribution in [2.45, 2.75) is 19.4 Å². The third kappa shape index (κ3) is 2.20. The number of anilines is 1. The summed E-state index contributed by atoms with van der Waals surface area (Å²) in [7, 11) is 1.45. The molecule has 2 heterocycles. The molecule has 18 heavy (non-hydrogen) atoms. The second-order valence-electron chi connectivity index (χ2n) is 4.27. The summed E-state index contributed by atoms with van der Waals surface area (Å²) in [6.07, 6.45) is 2.21. The van der Waals surface area contributed by atoms with Crippen LogP contribution in [0.25, 0.3) is 0 Å². The number of methoxy groups -OCH3 is 1. The first-order chi connectivity index (χ1) is 8.54. The fourth-order valence-electron chi connectivity index (χ4n) is 2.20. The van der Waals surface area contributed by atoms with Crippen molar-refractivity contribution in [2.75, 3.05) is 18.6 Å². The molecule has 0 spiro atoms. The van der Waals surface area contributed by atoms with Crippen molar-refractivity contribution in [3.63, 3.8) is 0 Å². The molecule has 1 aliphatic rings. The topological polar surface area (TPSA) is 75.5 Å². The van der Waals surface area contributed by atoms with Gasteiger partial charge in [-0.2, -0.15) is 4.98 Å². The van der Waals surface area contributed by atoms with E-state index in [1.807, 2.05) is 6.92 Å². The molecule has 6 nitrogen and oxygen atoms in total. The molecule has 1 saturated heterocycles. The fourth-order valence-corrected chi connectivity index (χ4v) is 2.40. The Morgan fingerprint density at radius 1 is 1.67 bits per heavy atom. The van der Waals surface area contributed by atoms with Crippen molar-refractivity contribution < 1.29 is 14.6 Å². The summed E-state index contributed by atoms with van der Waals surface area (Å²) in [5.74, 6) is -0.395. The highest BCUT2D eigenvalue weighted by Gasteiger charge is 2.38. The molecule has 1 N–H and O–H groups in total. The van der Waals surface area contributed by atoms with Crippen LogP contribution in [0.1, 0.15) is 13.3 Å². The monoisotopic (exact) mass is 271 g/mol. The maximum absolute atomic E-state index is 11.3. The third-order valence-electron chi connectivity index (χ3n) is 3.11. The van der Waals surface area contributed by atoms with E-state index in [1.54, 1.807) is 4.90 Å². The van der Waals surface area contributed by atoms with Crippen molar-refractivity contribution in [1.29, 1.82) is 0 Å². The smallest absolute Gasteiger partial charge is 0.326 e. The van der Waals surface area contributed by atoms with Gasteiger partial charge >= 0.3 is 12.0 Å². The van der Waals surface area contributed by atoms with Gasteiger partial charge in [0.15, 0.2) is 5.82 Å². The second kappa shape index (κ2) is 4.97. The number of rotatable bonds is 3.